The first kappa shape index (κ1) is 18.3. The van der Waals surface area contributed by atoms with Crippen LogP contribution >= 0.6 is 11.8 Å². The monoisotopic (exact) mass is 370 g/mol. The maximum Gasteiger partial charge on any atom is 0.240 e. The van der Waals surface area contributed by atoms with E-state index in [-0.39, 0.29) is 23.6 Å². The van der Waals surface area contributed by atoms with Crippen LogP contribution in [0, 0.1) is 0 Å². The van der Waals surface area contributed by atoms with Crippen molar-refractivity contribution in [1.29, 1.82) is 0 Å². The molecule has 1 amide bonds. The van der Waals surface area contributed by atoms with E-state index >= 15 is 0 Å². The molecule has 26 heavy (non-hydrogen) atoms. The normalized spacial score (nSPS) is 19.7. The molecule has 1 atom stereocenters. The molecule has 3 rings (SSSR count). The van der Waals surface area contributed by atoms with Gasteiger partial charge in [0, 0.05) is 25.5 Å². The summed E-state index contributed by atoms with van der Waals surface area (Å²) >= 11 is 1.29. The minimum Gasteiger partial charge on any atom is -0.364 e. The van der Waals surface area contributed by atoms with E-state index in [1.54, 1.807) is 6.21 Å². The fourth-order valence-corrected chi connectivity index (χ4v) is 3.60. The first-order chi connectivity index (χ1) is 12.6. The van der Waals surface area contributed by atoms with Crippen molar-refractivity contribution in [3.63, 3.8) is 0 Å². The van der Waals surface area contributed by atoms with E-state index in [2.05, 4.69) is 10.4 Å². The van der Waals surface area contributed by atoms with Crippen LogP contribution in [0.15, 0.2) is 59.4 Å². The molecule has 0 aromatic heterocycles. The number of nitrogens with one attached hydrogen (secondary N) is 1. The van der Waals surface area contributed by atoms with Crippen molar-refractivity contribution >= 4 is 34.7 Å². The van der Waals surface area contributed by atoms with Gasteiger partial charge in [0.25, 0.3) is 0 Å². The number of nitrogens with zero attached hydrogens (tertiary/aromatic N) is 3. The third-order valence-electron chi connectivity index (χ3n) is 4.17. The first-order valence-electron chi connectivity index (χ1n) is 8.53. The number of benzene rings is 1. The number of anilines is 1. The highest BCUT2D eigenvalue weighted by Gasteiger charge is 2.26. The van der Waals surface area contributed by atoms with E-state index in [9.17, 15) is 9.59 Å². The van der Waals surface area contributed by atoms with Crippen LogP contribution in [0.25, 0.3) is 0 Å². The summed E-state index contributed by atoms with van der Waals surface area (Å²) in [6, 6.07) is 9.59. The minimum absolute atomic E-state index is 0.0634. The Balaban J connectivity index is 1.46. The van der Waals surface area contributed by atoms with Gasteiger partial charge >= 0.3 is 0 Å². The lowest BCUT2D eigenvalue weighted by Gasteiger charge is -2.22. The summed E-state index contributed by atoms with van der Waals surface area (Å²) in [6.07, 6.45) is 8.35. The number of hydrogen-bond acceptors (Lipinski definition) is 6. The molecule has 1 aromatic rings. The Kier molecular flexibility index (Phi) is 6.12. The molecule has 1 unspecified atom stereocenters. The van der Waals surface area contributed by atoms with Crippen LogP contribution in [0.4, 0.5) is 5.69 Å². The van der Waals surface area contributed by atoms with E-state index < -0.39 is 0 Å². The van der Waals surface area contributed by atoms with E-state index in [1.165, 1.54) is 11.8 Å². The van der Waals surface area contributed by atoms with Crippen LogP contribution in [0.1, 0.15) is 6.42 Å². The van der Waals surface area contributed by atoms with Crippen LogP contribution in [0.5, 0.6) is 0 Å². The summed E-state index contributed by atoms with van der Waals surface area (Å²) < 4.78 is 0. The largest absolute Gasteiger partial charge is 0.364 e. The molecular weight excluding hydrogens is 348 g/mol. The number of amides is 1. The topological polar surface area (TPSA) is 65.0 Å². The highest BCUT2D eigenvalue weighted by atomic mass is 32.2. The lowest BCUT2D eigenvalue weighted by atomic mass is 10.2. The molecule has 0 spiro atoms. The molecule has 0 saturated carbocycles. The number of hydrogen-bond donors (Lipinski definition) is 1. The highest BCUT2D eigenvalue weighted by molar-refractivity contribution is 8.14. The van der Waals surface area contributed by atoms with Gasteiger partial charge in [-0.15, -0.1) is 0 Å². The van der Waals surface area contributed by atoms with Crippen molar-refractivity contribution in [2.45, 2.75) is 12.5 Å². The molecule has 0 radical (unpaired) electrons. The summed E-state index contributed by atoms with van der Waals surface area (Å²) in [7, 11) is 1.90. The summed E-state index contributed by atoms with van der Waals surface area (Å²) in [5.41, 5.74) is 2.01. The maximum atomic E-state index is 12.1. The van der Waals surface area contributed by atoms with Gasteiger partial charge in [-0.2, -0.15) is 5.10 Å². The number of carbonyl (C=O) groups excluding carboxylic acids is 2. The van der Waals surface area contributed by atoms with Gasteiger partial charge in [0.15, 0.2) is 0 Å². The quantitative estimate of drug-likeness (QED) is 0.613. The zero-order valence-corrected chi connectivity index (χ0v) is 15.5. The summed E-state index contributed by atoms with van der Waals surface area (Å²) in [5, 5.41) is 9.11. The maximum absolute atomic E-state index is 12.1. The highest BCUT2D eigenvalue weighted by Crippen LogP contribution is 2.19. The third-order valence-corrected chi connectivity index (χ3v) is 5.18. The Labute approximate surface area is 157 Å². The molecule has 0 aliphatic carbocycles. The van der Waals surface area contributed by atoms with Gasteiger partial charge in [-0.25, -0.2) is 0 Å². The molecule has 1 N–H and O–H groups in total. The van der Waals surface area contributed by atoms with E-state index in [0.29, 0.717) is 6.54 Å². The number of hydrazone groups is 1. The van der Waals surface area contributed by atoms with Crippen molar-refractivity contribution in [1.82, 2.24) is 10.2 Å². The second-order valence-corrected chi connectivity index (χ2v) is 7.23. The lowest BCUT2D eigenvalue weighted by Crippen LogP contribution is -2.42. The zero-order valence-electron chi connectivity index (χ0n) is 14.7. The minimum atomic E-state index is -0.326. The number of para-hydroxylation sites is 1. The Morgan fingerprint density at radius 3 is 2.88 bits per heavy atom. The molecule has 2 heterocycles. The average molecular weight is 370 g/mol. The molecule has 2 aliphatic heterocycles. The van der Waals surface area contributed by atoms with Gasteiger partial charge in [-0.1, -0.05) is 36.0 Å². The molecule has 1 saturated heterocycles. The Morgan fingerprint density at radius 2 is 2.23 bits per heavy atom. The average Bonchev–Trinajstić information content (AvgIpc) is 3.06. The molecule has 6 nitrogen and oxygen atoms in total. The molecule has 136 valence electrons. The Hall–Kier alpha value is -2.54. The number of carbonyl (C=O) groups is 2. The van der Waals surface area contributed by atoms with Crippen molar-refractivity contribution in [3.05, 3.63) is 54.3 Å². The second kappa shape index (κ2) is 8.71. The van der Waals surface area contributed by atoms with E-state index in [1.807, 2.05) is 65.6 Å². The SMILES string of the molecule is CN(/N=C/C1=CCN(CC(=O)NC2CCSC2=O)C=C1)c1ccccc1. The summed E-state index contributed by atoms with van der Waals surface area (Å²) in [6.45, 7) is 0.878. The van der Waals surface area contributed by atoms with Crippen molar-refractivity contribution < 1.29 is 9.59 Å². The fraction of sp³-hybridized carbons (Fsp3) is 0.316. The zero-order chi connectivity index (χ0) is 18.4. The standard InChI is InChI=1S/C19H22N4O2S/c1-22(16-5-3-2-4-6-16)20-13-15-7-10-23(11-8-15)14-18(24)21-17-9-12-26-19(17)25/h2-8,10,13,17H,9,11-12,14H2,1H3,(H,21,24)/b20-13+. The van der Waals surface area contributed by atoms with Gasteiger partial charge in [0.2, 0.25) is 11.0 Å². The van der Waals surface area contributed by atoms with Crippen molar-refractivity contribution in [2.75, 3.05) is 30.9 Å². The van der Waals surface area contributed by atoms with Crippen molar-refractivity contribution in [2.24, 2.45) is 5.10 Å². The number of allylic oxidation sites excluding steroid dienone is 2. The van der Waals surface area contributed by atoms with Crippen LogP contribution in [0.3, 0.4) is 0 Å². The third kappa shape index (κ3) is 4.98. The smallest absolute Gasteiger partial charge is 0.240 e. The van der Waals surface area contributed by atoms with E-state index in [0.717, 1.165) is 23.4 Å². The van der Waals surface area contributed by atoms with Gasteiger partial charge in [0.05, 0.1) is 24.5 Å². The van der Waals surface area contributed by atoms with E-state index in [4.69, 9.17) is 0 Å². The van der Waals surface area contributed by atoms with Gasteiger partial charge in [-0.05, 0) is 30.2 Å². The summed E-state index contributed by atoms with van der Waals surface area (Å²) in [4.78, 5) is 25.5. The van der Waals surface area contributed by atoms with Gasteiger partial charge in [0.1, 0.15) is 0 Å². The van der Waals surface area contributed by atoms with Crippen LogP contribution in [-0.4, -0.2) is 54.1 Å². The fourth-order valence-electron chi connectivity index (χ4n) is 2.67. The summed E-state index contributed by atoms with van der Waals surface area (Å²) in [5.74, 6) is 0.667. The Morgan fingerprint density at radius 1 is 1.42 bits per heavy atom. The molecule has 1 fully saturated rings. The number of thioether (sulfide) groups is 1. The van der Waals surface area contributed by atoms with Crippen LogP contribution in [0.2, 0.25) is 0 Å². The predicted octanol–water partition coefficient (Wildman–Crippen LogP) is 2.01. The van der Waals surface area contributed by atoms with Gasteiger partial charge < -0.3 is 10.2 Å². The molecule has 7 heteroatoms. The lowest BCUT2D eigenvalue weighted by molar-refractivity contribution is -0.124. The number of rotatable bonds is 6. The Bertz CT molecular complexity index is 745. The molecule has 1 aromatic carbocycles. The molecule has 2 aliphatic rings. The van der Waals surface area contributed by atoms with Crippen LogP contribution < -0.4 is 10.3 Å². The van der Waals surface area contributed by atoms with Crippen LogP contribution in [-0.2, 0) is 9.59 Å². The van der Waals surface area contributed by atoms with Crippen molar-refractivity contribution in [3.8, 4) is 0 Å². The second-order valence-electron chi connectivity index (χ2n) is 6.13. The van der Waals surface area contributed by atoms with Gasteiger partial charge in [-0.3, -0.25) is 14.6 Å². The molecular formula is C19H22N4O2S. The predicted molar refractivity (Wildman–Crippen MR) is 106 cm³/mol. The first-order valence-corrected chi connectivity index (χ1v) is 9.51. The molecule has 0 bridgehead atoms.